The van der Waals surface area contributed by atoms with Crippen molar-refractivity contribution in [3.05, 3.63) is 0 Å². The van der Waals surface area contributed by atoms with Gasteiger partial charge in [0.05, 0.1) is 6.42 Å². The predicted octanol–water partition coefficient (Wildman–Crippen LogP) is 4.78. The molecule has 14 heteroatoms. The van der Waals surface area contributed by atoms with Gasteiger partial charge in [-0.05, 0) is 13.8 Å². The molecule has 0 N–H and O–H groups in total. The van der Waals surface area contributed by atoms with Gasteiger partial charge in [-0.2, -0.15) is 52.7 Å². The van der Waals surface area contributed by atoms with Crippen molar-refractivity contribution in [1.82, 2.24) is 0 Å². The molecule has 0 radical (unpaired) electrons. The van der Waals surface area contributed by atoms with Crippen LogP contribution in [0.2, 0.25) is 0 Å². The van der Waals surface area contributed by atoms with Gasteiger partial charge in [0.1, 0.15) is 0 Å². The van der Waals surface area contributed by atoms with Crippen LogP contribution in [0.3, 0.4) is 0 Å². The van der Waals surface area contributed by atoms with E-state index < -0.39 is 67.4 Å². The van der Waals surface area contributed by atoms with Crippen LogP contribution in [0.15, 0.2) is 0 Å². The molecule has 0 aliphatic heterocycles. The maximum Gasteiger partial charge on any atom is 0.409 e. The van der Waals surface area contributed by atoms with Crippen molar-refractivity contribution < 1.29 is 62.3 Å². The Balaban J connectivity index is 6.08. The van der Waals surface area contributed by atoms with Gasteiger partial charge in [-0.1, -0.05) is 0 Å². The minimum atomic E-state index is -6.41. The minimum absolute atomic E-state index is 0.777. The van der Waals surface area contributed by atoms with E-state index in [0.717, 1.165) is 0 Å². The van der Waals surface area contributed by atoms with Crippen molar-refractivity contribution in [1.29, 1.82) is 0 Å². The second kappa shape index (κ2) is 6.04. The summed E-state index contributed by atoms with van der Waals surface area (Å²) < 4.78 is 151. The van der Waals surface area contributed by atoms with E-state index >= 15 is 0 Å². The van der Waals surface area contributed by atoms with Gasteiger partial charge in [-0.15, -0.1) is 0 Å². The lowest BCUT2D eigenvalue weighted by Crippen LogP contribution is -2.57. The summed E-state index contributed by atoms with van der Waals surface area (Å²) in [6.07, 6.45) is -28.5. The van der Waals surface area contributed by atoms with Crippen molar-refractivity contribution in [3.8, 4) is 0 Å². The summed E-state index contributed by atoms with van der Waals surface area (Å²) in [4.78, 5) is 22.5. The van der Waals surface area contributed by atoms with Gasteiger partial charge in [0.25, 0.3) is 0 Å². The van der Waals surface area contributed by atoms with Crippen molar-refractivity contribution in [3.63, 3.8) is 0 Å². The van der Waals surface area contributed by atoms with Crippen LogP contribution < -0.4 is 0 Å². The summed E-state index contributed by atoms with van der Waals surface area (Å²) in [6.45, 7) is -1.55. The monoisotopic (exact) mass is 400 g/mol. The van der Waals surface area contributed by atoms with Gasteiger partial charge in [0, 0.05) is 0 Å². The molecule has 0 atom stereocenters. The Bertz CT molecular complexity index is 457. The number of alkyl halides is 12. The average molecular weight is 400 g/mol. The molecular weight excluding hydrogens is 392 g/mol. The second-order valence-electron chi connectivity index (χ2n) is 5.26. The van der Waals surface area contributed by atoms with Gasteiger partial charge in [-0.25, -0.2) is 0 Å². The van der Waals surface area contributed by atoms with Crippen LogP contribution in [0.4, 0.5) is 52.7 Å². The maximum absolute atomic E-state index is 12.6. The van der Waals surface area contributed by atoms with E-state index in [4.69, 9.17) is 0 Å². The van der Waals surface area contributed by atoms with Crippen LogP contribution in [0.5, 0.6) is 0 Å². The molecule has 0 amide bonds. The number of carbonyl (C=O) groups is 2. The molecule has 0 heterocycles. The number of ketones is 2. The fourth-order valence-corrected chi connectivity index (χ4v) is 1.45. The van der Waals surface area contributed by atoms with Crippen LogP contribution in [-0.4, -0.2) is 36.3 Å². The second-order valence-corrected chi connectivity index (χ2v) is 5.26. The molecule has 0 aromatic carbocycles. The summed E-state index contributed by atoms with van der Waals surface area (Å²) in [5.74, 6) is -6.37. The van der Waals surface area contributed by atoms with Crippen LogP contribution in [0.1, 0.15) is 20.3 Å². The van der Waals surface area contributed by atoms with Crippen molar-refractivity contribution in [2.75, 3.05) is 0 Å². The summed E-state index contributed by atoms with van der Waals surface area (Å²) >= 11 is 0. The minimum Gasteiger partial charge on any atom is -0.298 e. The van der Waals surface area contributed by atoms with Crippen LogP contribution >= 0.6 is 0 Å². The Hall–Kier alpha value is -1.50. The van der Waals surface area contributed by atoms with E-state index in [1.54, 1.807) is 0 Å². The molecule has 25 heavy (non-hydrogen) atoms. The Morgan fingerprint density at radius 2 is 0.680 bits per heavy atom. The molecule has 0 unspecified atom stereocenters. The topological polar surface area (TPSA) is 34.1 Å². The first-order valence-electron chi connectivity index (χ1n) is 5.88. The summed E-state index contributed by atoms with van der Waals surface area (Å²) in [5, 5.41) is 0. The van der Waals surface area contributed by atoms with Crippen LogP contribution in [0, 0.1) is 10.8 Å². The molecule has 2 nitrogen and oxygen atoms in total. The third-order valence-electron chi connectivity index (χ3n) is 3.70. The summed E-state index contributed by atoms with van der Waals surface area (Å²) in [6, 6.07) is 0. The fraction of sp³-hybridized carbons (Fsp3) is 0.818. The molecule has 0 aliphatic carbocycles. The average Bonchev–Trinajstić information content (AvgIpc) is 2.30. The number of carbonyl (C=O) groups excluding carboxylic acids is 2. The summed E-state index contributed by atoms with van der Waals surface area (Å²) in [5.41, 5.74) is -10.6. The molecule has 148 valence electrons. The van der Waals surface area contributed by atoms with E-state index in [0.29, 0.717) is 0 Å². The maximum atomic E-state index is 12.6. The molecule has 0 aliphatic rings. The first kappa shape index (κ1) is 23.5. The van der Waals surface area contributed by atoms with Crippen molar-refractivity contribution in [2.24, 2.45) is 10.8 Å². The smallest absolute Gasteiger partial charge is 0.298 e. The van der Waals surface area contributed by atoms with Gasteiger partial charge in [-0.3, -0.25) is 9.59 Å². The molecule has 0 spiro atoms. The van der Waals surface area contributed by atoms with Crippen molar-refractivity contribution >= 4 is 11.6 Å². The molecular formula is C11H8F12O2. The quantitative estimate of drug-likeness (QED) is 0.503. The van der Waals surface area contributed by atoms with E-state index in [1.165, 1.54) is 0 Å². The highest BCUT2D eigenvalue weighted by atomic mass is 19.4. The van der Waals surface area contributed by atoms with E-state index in [1.807, 2.05) is 0 Å². The molecule has 0 aromatic rings. The number of hydrogen-bond acceptors (Lipinski definition) is 2. The number of hydrogen-bond donors (Lipinski definition) is 0. The molecule has 0 fully saturated rings. The Kier molecular flexibility index (Phi) is 5.68. The molecule has 0 saturated carbocycles. The third-order valence-corrected chi connectivity index (χ3v) is 3.70. The number of Topliss-reactive ketones (excluding diaryl/α,β-unsaturated/α-hetero) is 2. The highest BCUT2D eigenvalue weighted by Crippen LogP contribution is 2.54. The number of rotatable bonds is 4. The Morgan fingerprint density at radius 1 is 0.520 bits per heavy atom. The van der Waals surface area contributed by atoms with E-state index in [9.17, 15) is 62.3 Å². The Labute approximate surface area is 131 Å². The van der Waals surface area contributed by atoms with Gasteiger partial charge in [0.15, 0.2) is 11.6 Å². The molecule has 0 aromatic heterocycles. The Morgan fingerprint density at radius 3 is 0.800 bits per heavy atom. The SMILES string of the molecule is CC(C(=O)CC(=O)C(C)(C(F)(F)F)C(F)(F)F)(C(F)(F)F)C(F)(F)F. The standard InChI is InChI=1S/C11H8F12O2/c1-6(8(12,13)14,9(15,16)17)4(24)3-5(25)7(2,10(18,19)20)11(21,22)23/h3H2,1-2H3. The first-order chi connectivity index (χ1) is 10.5. The zero-order valence-corrected chi connectivity index (χ0v) is 12.1. The lowest BCUT2D eigenvalue weighted by Gasteiger charge is -2.35. The molecule has 0 bridgehead atoms. The number of halogens is 12. The van der Waals surface area contributed by atoms with Crippen molar-refractivity contribution in [2.45, 2.75) is 45.0 Å². The van der Waals surface area contributed by atoms with Gasteiger partial charge >= 0.3 is 24.7 Å². The summed E-state index contributed by atoms with van der Waals surface area (Å²) in [7, 11) is 0. The largest absolute Gasteiger partial charge is 0.409 e. The highest BCUT2D eigenvalue weighted by molar-refractivity contribution is 6.05. The van der Waals surface area contributed by atoms with E-state index in [2.05, 4.69) is 0 Å². The van der Waals surface area contributed by atoms with E-state index in [-0.39, 0.29) is 0 Å². The molecule has 0 saturated heterocycles. The first-order valence-corrected chi connectivity index (χ1v) is 5.88. The van der Waals surface area contributed by atoms with Gasteiger partial charge < -0.3 is 0 Å². The fourth-order valence-electron chi connectivity index (χ4n) is 1.45. The third kappa shape index (κ3) is 3.71. The predicted molar refractivity (Wildman–Crippen MR) is 55.1 cm³/mol. The lowest BCUT2D eigenvalue weighted by atomic mass is 9.76. The zero-order valence-electron chi connectivity index (χ0n) is 12.1. The zero-order chi connectivity index (χ0) is 20.9. The normalized spacial score (nSPS) is 15.3. The lowest BCUT2D eigenvalue weighted by molar-refractivity contribution is -0.320. The van der Waals surface area contributed by atoms with Crippen LogP contribution in [0.25, 0.3) is 0 Å². The molecule has 0 rings (SSSR count). The van der Waals surface area contributed by atoms with Gasteiger partial charge in [0.2, 0.25) is 10.8 Å². The highest BCUT2D eigenvalue weighted by Gasteiger charge is 2.75. The van der Waals surface area contributed by atoms with Crippen LogP contribution in [-0.2, 0) is 9.59 Å².